The first-order valence-corrected chi connectivity index (χ1v) is 9.19. The molecule has 1 amide bonds. The Labute approximate surface area is 164 Å². The van der Waals surface area contributed by atoms with E-state index in [0.717, 1.165) is 11.3 Å². The second kappa shape index (κ2) is 8.53. The lowest BCUT2D eigenvalue weighted by atomic mass is 10.2. The van der Waals surface area contributed by atoms with Crippen LogP contribution in [0.1, 0.15) is 5.56 Å². The van der Waals surface area contributed by atoms with Gasteiger partial charge in [-0.3, -0.25) is 19.5 Å². The molecule has 0 bridgehead atoms. The third kappa shape index (κ3) is 4.29. The predicted molar refractivity (Wildman–Crippen MR) is 105 cm³/mol. The molecule has 28 heavy (non-hydrogen) atoms. The second-order valence-corrected chi connectivity index (χ2v) is 6.69. The van der Waals surface area contributed by atoms with Crippen molar-refractivity contribution in [3.05, 3.63) is 64.5 Å². The van der Waals surface area contributed by atoms with E-state index in [-0.39, 0.29) is 23.0 Å². The summed E-state index contributed by atoms with van der Waals surface area (Å²) in [4.78, 5) is 22.8. The zero-order valence-electron chi connectivity index (χ0n) is 15.2. The Morgan fingerprint density at radius 2 is 2.11 bits per heavy atom. The average molecular weight is 399 g/mol. The van der Waals surface area contributed by atoms with E-state index in [2.05, 4.69) is 15.5 Å². The third-order valence-electron chi connectivity index (χ3n) is 3.89. The van der Waals surface area contributed by atoms with Gasteiger partial charge < -0.3 is 10.1 Å². The van der Waals surface area contributed by atoms with Gasteiger partial charge in [0.2, 0.25) is 5.91 Å². The number of nitro groups is 1. The zero-order chi connectivity index (χ0) is 20.1. The van der Waals surface area contributed by atoms with Gasteiger partial charge >= 0.3 is 0 Å². The number of benzene rings is 2. The summed E-state index contributed by atoms with van der Waals surface area (Å²) in [6.07, 6.45) is 1.59. The van der Waals surface area contributed by atoms with Crippen LogP contribution in [-0.2, 0) is 4.79 Å². The Kier molecular flexibility index (Phi) is 5.90. The summed E-state index contributed by atoms with van der Waals surface area (Å²) in [6.45, 7) is 1.98. The van der Waals surface area contributed by atoms with E-state index in [1.807, 2.05) is 31.2 Å². The molecule has 1 aromatic heterocycles. The fourth-order valence-corrected chi connectivity index (χ4v) is 3.27. The van der Waals surface area contributed by atoms with Crippen molar-refractivity contribution < 1.29 is 14.5 Å². The van der Waals surface area contributed by atoms with Crippen molar-refractivity contribution in [1.29, 1.82) is 0 Å². The van der Waals surface area contributed by atoms with E-state index in [1.165, 1.54) is 37.1 Å². The van der Waals surface area contributed by atoms with Crippen LogP contribution in [0.5, 0.6) is 5.75 Å². The van der Waals surface area contributed by atoms with Crippen molar-refractivity contribution in [2.45, 2.75) is 12.1 Å². The molecule has 1 N–H and O–H groups in total. The highest BCUT2D eigenvalue weighted by molar-refractivity contribution is 7.99. The Balaban J connectivity index is 1.71. The Hall–Kier alpha value is -3.40. The minimum atomic E-state index is -0.533. The normalized spacial score (nSPS) is 10.5. The lowest BCUT2D eigenvalue weighted by molar-refractivity contribution is -0.384. The second-order valence-electron chi connectivity index (χ2n) is 5.75. The maximum absolute atomic E-state index is 12.4. The maximum atomic E-state index is 12.4. The van der Waals surface area contributed by atoms with Crippen LogP contribution < -0.4 is 10.1 Å². The number of rotatable bonds is 7. The third-order valence-corrected chi connectivity index (χ3v) is 4.83. The number of hydrogen-bond donors (Lipinski definition) is 1. The molecule has 0 aliphatic rings. The molecule has 0 radical (unpaired) electrons. The maximum Gasteiger partial charge on any atom is 0.271 e. The molecule has 0 unspecified atom stereocenters. The van der Waals surface area contributed by atoms with Crippen molar-refractivity contribution >= 4 is 29.0 Å². The van der Waals surface area contributed by atoms with E-state index in [9.17, 15) is 14.9 Å². The number of nitrogens with one attached hydrogen (secondary N) is 1. The van der Waals surface area contributed by atoms with Gasteiger partial charge in [-0.1, -0.05) is 30.0 Å². The number of methoxy groups -OCH3 is 1. The molecule has 0 atom stereocenters. The summed E-state index contributed by atoms with van der Waals surface area (Å²) < 4.78 is 6.96. The largest absolute Gasteiger partial charge is 0.495 e. The highest BCUT2D eigenvalue weighted by Gasteiger charge is 2.15. The number of para-hydroxylation sites is 1. The molecule has 9 nitrogen and oxygen atoms in total. The average Bonchev–Trinajstić information content (AvgIpc) is 3.15. The first-order chi connectivity index (χ1) is 13.5. The van der Waals surface area contributed by atoms with Crippen LogP contribution in [-0.4, -0.2) is 38.5 Å². The van der Waals surface area contributed by atoms with Crippen molar-refractivity contribution in [2.24, 2.45) is 0 Å². The van der Waals surface area contributed by atoms with Gasteiger partial charge in [-0.05, 0) is 24.6 Å². The highest BCUT2D eigenvalue weighted by atomic mass is 32.2. The molecule has 0 spiro atoms. The number of carbonyl (C=O) groups is 1. The number of aromatic nitrogens is 3. The molecule has 0 fully saturated rings. The van der Waals surface area contributed by atoms with E-state index < -0.39 is 4.92 Å². The molecule has 0 aliphatic heterocycles. The van der Waals surface area contributed by atoms with Crippen molar-refractivity contribution in [3.63, 3.8) is 0 Å². The molecule has 0 saturated carbocycles. The molecule has 144 valence electrons. The van der Waals surface area contributed by atoms with E-state index in [1.54, 1.807) is 10.9 Å². The number of amides is 1. The monoisotopic (exact) mass is 399 g/mol. The predicted octanol–water partition coefficient (Wildman–Crippen LogP) is 3.22. The van der Waals surface area contributed by atoms with Gasteiger partial charge in [0, 0.05) is 12.1 Å². The summed E-state index contributed by atoms with van der Waals surface area (Å²) in [5.41, 5.74) is 2.08. The van der Waals surface area contributed by atoms with Gasteiger partial charge in [0.25, 0.3) is 5.69 Å². The fraction of sp³-hybridized carbons (Fsp3) is 0.167. The number of nitro benzene ring substituents is 1. The van der Waals surface area contributed by atoms with Crippen molar-refractivity contribution in [1.82, 2.24) is 14.8 Å². The Bertz CT molecular complexity index is 1020. The number of ether oxygens (including phenoxy) is 1. The quantitative estimate of drug-likeness (QED) is 0.369. The molecule has 1 heterocycles. The van der Waals surface area contributed by atoms with Crippen LogP contribution in [0.25, 0.3) is 5.69 Å². The number of hydrogen-bond acceptors (Lipinski definition) is 7. The van der Waals surface area contributed by atoms with Crippen LogP contribution in [0, 0.1) is 17.0 Å². The SMILES string of the molecule is COc1ccc([N+](=O)[O-])cc1NC(=O)CSc1nncn1-c1ccccc1C. The van der Waals surface area contributed by atoms with E-state index in [0.29, 0.717) is 10.9 Å². The number of non-ortho nitro benzene ring substituents is 1. The fourth-order valence-electron chi connectivity index (χ4n) is 2.55. The Morgan fingerprint density at radius 3 is 2.82 bits per heavy atom. The Morgan fingerprint density at radius 1 is 1.32 bits per heavy atom. The topological polar surface area (TPSA) is 112 Å². The summed E-state index contributed by atoms with van der Waals surface area (Å²) >= 11 is 1.21. The van der Waals surface area contributed by atoms with E-state index in [4.69, 9.17) is 4.74 Å². The minimum absolute atomic E-state index is 0.0520. The summed E-state index contributed by atoms with van der Waals surface area (Å²) in [7, 11) is 1.43. The number of aryl methyl sites for hydroxylation is 1. The standard InChI is InChI=1S/C18H17N5O4S/c1-12-5-3-4-6-15(12)22-11-19-21-18(22)28-10-17(24)20-14-9-13(23(25)26)7-8-16(14)27-2/h3-9,11H,10H2,1-2H3,(H,20,24). The smallest absolute Gasteiger partial charge is 0.271 e. The number of nitrogens with zero attached hydrogens (tertiary/aromatic N) is 4. The summed E-state index contributed by atoms with van der Waals surface area (Å²) in [5.74, 6) is 0.0475. The van der Waals surface area contributed by atoms with Crippen LogP contribution in [0.2, 0.25) is 0 Å². The molecular weight excluding hydrogens is 382 g/mol. The van der Waals surface area contributed by atoms with Gasteiger partial charge in [0.1, 0.15) is 12.1 Å². The zero-order valence-corrected chi connectivity index (χ0v) is 16.0. The first-order valence-electron chi connectivity index (χ1n) is 8.20. The molecular formula is C18H17N5O4S. The van der Waals surface area contributed by atoms with Gasteiger partial charge in [-0.2, -0.15) is 0 Å². The van der Waals surface area contributed by atoms with Gasteiger partial charge in [0.05, 0.1) is 29.2 Å². The van der Waals surface area contributed by atoms with Crippen LogP contribution in [0.4, 0.5) is 11.4 Å². The number of anilines is 1. The number of thioether (sulfide) groups is 1. The minimum Gasteiger partial charge on any atom is -0.495 e. The lowest BCUT2D eigenvalue weighted by Crippen LogP contribution is -2.15. The van der Waals surface area contributed by atoms with Crippen LogP contribution in [0.3, 0.4) is 0 Å². The van der Waals surface area contributed by atoms with Gasteiger partial charge in [0.15, 0.2) is 5.16 Å². The van der Waals surface area contributed by atoms with Gasteiger partial charge in [-0.25, -0.2) is 0 Å². The molecule has 2 aromatic carbocycles. The van der Waals surface area contributed by atoms with Crippen molar-refractivity contribution in [3.8, 4) is 11.4 Å². The first kappa shape index (κ1) is 19.4. The molecule has 3 rings (SSSR count). The summed E-state index contributed by atoms with van der Waals surface area (Å²) in [6, 6.07) is 11.8. The molecule has 10 heteroatoms. The molecule has 3 aromatic rings. The van der Waals surface area contributed by atoms with E-state index >= 15 is 0 Å². The van der Waals surface area contributed by atoms with Gasteiger partial charge in [-0.15, -0.1) is 10.2 Å². The van der Waals surface area contributed by atoms with Crippen LogP contribution in [0.15, 0.2) is 53.9 Å². The number of carbonyl (C=O) groups excluding carboxylic acids is 1. The van der Waals surface area contributed by atoms with Crippen LogP contribution >= 0.6 is 11.8 Å². The van der Waals surface area contributed by atoms with Crippen molar-refractivity contribution in [2.75, 3.05) is 18.2 Å². The lowest BCUT2D eigenvalue weighted by Gasteiger charge is -2.11. The molecule has 0 aliphatic carbocycles. The summed E-state index contributed by atoms with van der Waals surface area (Å²) in [5, 5.41) is 22.1. The highest BCUT2D eigenvalue weighted by Crippen LogP contribution is 2.29. The molecule has 0 saturated heterocycles.